The van der Waals surface area contributed by atoms with Gasteiger partial charge in [0.05, 0.1) is 19.3 Å². The summed E-state index contributed by atoms with van der Waals surface area (Å²) < 4.78 is 6.51. The number of rotatable bonds is 1. The van der Waals surface area contributed by atoms with E-state index >= 15 is 0 Å². The standard InChI is InChI=1S/C10H12BrNO.ClH/c11-9-3-1-8(2-4-9)10-7-13-6-5-12-10;/h1-4,10,12H,5-7H2;1H/t10-;/m1./s1. The van der Waals surface area contributed by atoms with Gasteiger partial charge in [-0.05, 0) is 17.7 Å². The number of benzene rings is 1. The molecule has 0 amide bonds. The average Bonchev–Trinajstić information content (AvgIpc) is 2.20. The number of hydrogen-bond donors (Lipinski definition) is 1. The Balaban J connectivity index is 0.000000980. The van der Waals surface area contributed by atoms with E-state index < -0.39 is 0 Å². The third-order valence-corrected chi connectivity index (χ3v) is 2.72. The van der Waals surface area contributed by atoms with Crippen molar-refractivity contribution in [2.75, 3.05) is 19.8 Å². The minimum Gasteiger partial charge on any atom is -0.378 e. The van der Waals surface area contributed by atoms with E-state index in [4.69, 9.17) is 4.74 Å². The van der Waals surface area contributed by atoms with Crippen molar-refractivity contribution in [1.29, 1.82) is 0 Å². The molecule has 0 bridgehead atoms. The lowest BCUT2D eigenvalue weighted by Crippen LogP contribution is -2.34. The Morgan fingerprint density at radius 2 is 2.00 bits per heavy atom. The molecule has 1 aromatic carbocycles. The largest absolute Gasteiger partial charge is 0.378 e. The number of nitrogens with one attached hydrogen (secondary N) is 1. The van der Waals surface area contributed by atoms with Gasteiger partial charge in [0, 0.05) is 11.0 Å². The first-order chi connectivity index (χ1) is 6.36. The van der Waals surface area contributed by atoms with Gasteiger partial charge in [0.1, 0.15) is 0 Å². The molecule has 1 heterocycles. The third kappa shape index (κ3) is 2.95. The molecule has 1 saturated heterocycles. The molecule has 1 fully saturated rings. The number of ether oxygens (including phenoxy) is 1. The van der Waals surface area contributed by atoms with Crippen molar-refractivity contribution in [3.05, 3.63) is 34.3 Å². The summed E-state index contributed by atoms with van der Waals surface area (Å²) in [5.41, 5.74) is 1.29. The molecule has 0 aromatic heterocycles. The molecule has 1 atom stereocenters. The van der Waals surface area contributed by atoms with Crippen molar-refractivity contribution in [1.82, 2.24) is 5.32 Å². The summed E-state index contributed by atoms with van der Waals surface area (Å²) in [5, 5.41) is 3.41. The van der Waals surface area contributed by atoms with Crippen LogP contribution in [0.15, 0.2) is 28.7 Å². The Morgan fingerprint density at radius 3 is 2.57 bits per heavy atom. The summed E-state index contributed by atoms with van der Waals surface area (Å²) in [6.45, 7) is 2.55. The zero-order valence-corrected chi connectivity index (χ0v) is 10.1. The monoisotopic (exact) mass is 277 g/mol. The Bertz CT molecular complexity index is 272. The van der Waals surface area contributed by atoms with Gasteiger partial charge in [-0.2, -0.15) is 0 Å². The van der Waals surface area contributed by atoms with E-state index in [1.165, 1.54) is 5.56 Å². The van der Waals surface area contributed by atoms with E-state index in [0.717, 1.165) is 24.2 Å². The molecule has 78 valence electrons. The molecular formula is C10H13BrClNO. The highest BCUT2D eigenvalue weighted by Gasteiger charge is 2.14. The Hall–Kier alpha value is -0.0900. The van der Waals surface area contributed by atoms with Crippen molar-refractivity contribution in [2.45, 2.75) is 6.04 Å². The van der Waals surface area contributed by atoms with Crippen LogP contribution in [0.3, 0.4) is 0 Å². The van der Waals surface area contributed by atoms with E-state index in [9.17, 15) is 0 Å². The summed E-state index contributed by atoms with van der Waals surface area (Å²) >= 11 is 3.42. The lowest BCUT2D eigenvalue weighted by molar-refractivity contribution is 0.0769. The molecule has 2 rings (SSSR count). The van der Waals surface area contributed by atoms with Crippen molar-refractivity contribution in [2.24, 2.45) is 0 Å². The Morgan fingerprint density at radius 1 is 1.29 bits per heavy atom. The van der Waals surface area contributed by atoms with Crippen molar-refractivity contribution < 1.29 is 4.74 Å². The first-order valence-electron chi connectivity index (χ1n) is 4.43. The molecule has 1 aliphatic heterocycles. The van der Waals surface area contributed by atoms with E-state index in [-0.39, 0.29) is 12.4 Å². The fourth-order valence-corrected chi connectivity index (χ4v) is 1.74. The van der Waals surface area contributed by atoms with Gasteiger partial charge in [-0.1, -0.05) is 28.1 Å². The molecule has 0 radical (unpaired) electrons. The molecule has 0 saturated carbocycles. The van der Waals surface area contributed by atoms with E-state index in [2.05, 4.69) is 45.5 Å². The average molecular weight is 279 g/mol. The van der Waals surface area contributed by atoms with Gasteiger partial charge in [0.15, 0.2) is 0 Å². The molecule has 1 aromatic rings. The van der Waals surface area contributed by atoms with Crippen LogP contribution in [0.4, 0.5) is 0 Å². The van der Waals surface area contributed by atoms with Crippen LogP contribution in [0.25, 0.3) is 0 Å². The van der Waals surface area contributed by atoms with Crippen molar-refractivity contribution in [3.8, 4) is 0 Å². The van der Waals surface area contributed by atoms with Gasteiger partial charge in [-0.3, -0.25) is 0 Å². The minimum absolute atomic E-state index is 0. The van der Waals surface area contributed by atoms with Crippen LogP contribution in [0.5, 0.6) is 0 Å². The minimum atomic E-state index is 0. The van der Waals surface area contributed by atoms with Gasteiger partial charge < -0.3 is 10.1 Å². The highest BCUT2D eigenvalue weighted by Crippen LogP contribution is 2.18. The highest BCUT2D eigenvalue weighted by atomic mass is 79.9. The van der Waals surface area contributed by atoms with Crippen LogP contribution in [0, 0.1) is 0 Å². The maximum atomic E-state index is 5.39. The van der Waals surface area contributed by atoms with Crippen molar-refractivity contribution >= 4 is 28.3 Å². The Kier molecular flexibility index (Phi) is 4.89. The number of hydrogen-bond acceptors (Lipinski definition) is 2. The molecular weight excluding hydrogens is 265 g/mol. The number of halogens is 2. The highest BCUT2D eigenvalue weighted by molar-refractivity contribution is 9.10. The summed E-state index contributed by atoms with van der Waals surface area (Å²) in [5.74, 6) is 0. The molecule has 0 unspecified atom stereocenters. The zero-order chi connectivity index (χ0) is 9.10. The molecule has 4 heteroatoms. The summed E-state index contributed by atoms with van der Waals surface area (Å²) in [4.78, 5) is 0. The topological polar surface area (TPSA) is 21.3 Å². The third-order valence-electron chi connectivity index (χ3n) is 2.19. The summed E-state index contributed by atoms with van der Waals surface area (Å²) in [6, 6.07) is 8.73. The smallest absolute Gasteiger partial charge is 0.0662 e. The van der Waals surface area contributed by atoms with Crippen LogP contribution in [-0.4, -0.2) is 19.8 Å². The molecule has 0 spiro atoms. The van der Waals surface area contributed by atoms with Crippen LogP contribution in [0.2, 0.25) is 0 Å². The fraction of sp³-hybridized carbons (Fsp3) is 0.400. The van der Waals surface area contributed by atoms with Gasteiger partial charge in [-0.25, -0.2) is 0 Å². The van der Waals surface area contributed by atoms with Gasteiger partial charge in [0.25, 0.3) is 0 Å². The zero-order valence-electron chi connectivity index (χ0n) is 7.70. The predicted molar refractivity (Wildman–Crippen MR) is 63.0 cm³/mol. The van der Waals surface area contributed by atoms with Crippen LogP contribution in [-0.2, 0) is 4.74 Å². The van der Waals surface area contributed by atoms with Crippen LogP contribution in [0.1, 0.15) is 11.6 Å². The first kappa shape index (κ1) is 12.0. The van der Waals surface area contributed by atoms with Crippen molar-refractivity contribution in [3.63, 3.8) is 0 Å². The Labute approximate surface area is 98.6 Å². The summed E-state index contributed by atoms with van der Waals surface area (Å²) in [7, 11) is 0. The van der Waals surface area contributed by atoms with Gasteiger partial charge in [0.2, 0.25) is 0 Å². The molecule has 0 aliphatic carbocycles. The first-order valence-corrected chi connectivity index (χ1v) is 5.22. The second-order valence-electron chi connectivity index (χ2n) is 3.13. The second kappa shape index (κ2) is 5.71. The SMILES string of the molecule is Brc1ccc([C@H]2COCCN2)cc1.Cl. The van der Waals surface area contributed by atoms with E-state index in [0.29, 0.717) is 6.04 Å². The molecule has 14 heavy (non-hydrogen) atoms. The lowest BCUT2D eigenvalue weighted by atomic mass is 10.1. The fourth-order valence-electron chi connectivity index (χ4n) is 1.47. The van der Waals surface area contributed by atoms with Crippen LogP contribution < -0.4 is 5.32 Å². The maximum absolute atomic E-state index is 5.39. The molecule has 1 N–H and O–H groups in total. The van der Waals surface area contributed by atoms with Crippen LogP contribution >= 0.6 is 28.3 Å². The van der Waals surface area contributed by atoms with E-state index in [1.807, 2.05) is 0 Å². The molecule has 2 nitrogen and oxygen atoms in total. The maximum Gasteiger partial charge on any atom is 0.0662 e. The van der Waals surface area contributed by atoms with E-state index in [1.54, 1.807) is 0 Å². The predicted octanol–water partition coefficient (Wildman–Crippen LogP) is 2.53. The lowest BCUT2D eigenvalue weighted by Gasteiger charge is -2.24. The van der Waals surface area contributed by atoms with Gasteiger partial charge in [-0.15, -0.1) is 12.4 Å². The van der Waals surface area contributed by atoms with Gasteiger partial charge >= 0.3 is 0 Å². The quantitative estimate of drug-likeness (QED) is 0.852. The number of morpholine rings is 1. The summed E-state index contributed by atoms with van der Waals surface area (Å²) in [6.07, 6.45) is 0. The normalized spacial score (nSPS) is 21.4. The molecule has 1 aliphatic rings. The second-order valence-corrected chi connectivity index (χ2v) is 4.05.